The number of aryl methyl sites for hydroxylation is 2. The van der Waals surface area contributed by atoms with Gasteiger partial charge in [0, 0.05) is 35.6 Å². The van der Waals surface area contributed by atoms with Gasteiger partial charge in [-0.15, -0.1) is 5.10 Å². The topological polar surface area (TPSA) is 57.2 Å². The van der Waals surface area contributed by atoms with Crippen molar-refractivity contribution in [3.05, 3.63) is 53.1 Å². The molecule has 3 heterocycles. The SMILES string of the molecule is Cc1ccc([C@@H](C)Nc2nnc(C)c3cnc(N4CC(C)(N(C)C)C4)cc23)c(F)c1. The normalized spacial score (nSPS) is 16.6. The van der Waals surface area contributed by atoms with E-state index in [1.54, 1.807) is 6.07 Å². The van der Waals surface area contributed by atoms with E-state index in [4.69, 9.17) is 0 Å². The summed E-state index contributed by atoms with van der Waals surface area (Å²) in [6, 6.07) is 7.11. The second-order valence-electron chi connectivity index (χ2n) is 8.86. The predicted molar refractivity (Wildman–Crippen MR) is 120 cm³/mol. The molecular formula is C23H29FN6. The molecule has 158 valence electrons. The fourth-order valence-electron chi connectivity index (χ4n) is 3.93. The van der Waals surface area contributed by atoms with Gasteiger partial charge in [0.25, 0.3) is 0 Å². The van der Waals surface area contributed by atoms with Gasteiger partial charge in [-0.3, -0.25) is 0 Å². The first kappa shape index (κ1) is 20.5. The van der Waals surface area contributed by atoms with E-state index in [0.717, 1.165) is 40.9 Å². The Bertz CT molecular complexity index is 1090. The van der Waals surface area contributed by atoms with E-state index in [2.05, 4.69) is 57.4 Å². The zero-order chi connectivity index (χ0) is 21.6. The molecule has 1 atom stereocenters. The molecular weight excluding hydrogens is 379 g/mol. The molecule has 0 amide bonds. The summed E-state index contributed by atoms with van der Waals surface area (Å²) in [6.45, 7) is 9.84. The number of likely N-dealkylation sites (N-methyl/N-ethyl adjacent to an activating group) is 1. The number of nitrogens with zero attached hydrogens (tertiary/aromatic N) is 5. The molecule has 3 aromatic rings. The van der Waals surface area contributed by atoms with Gasteiger partial charge in [0.05, 0.1) is 17.3 Å². The average Bonchev–Trinajstić information content (AvgIpc) is 2.67. The quantitative estimate of drug-likeness (QED) is 0.686. The third kappa shape index (κ3) is 3.58. The van der Waals surface area contributed by atoms with Crippen LogP contribution < -0.4 is 10.2 Å². The van der Waals surface area contributed by atoms with Crippen LogP contribution in [-0.2, 0) is 0 Å². The standard InChI is InChI=1S/C23H29FN6/c1-14-7-8-17(20(24)9-14)15(2)26-22-18-10-21(25-11-19(18)16(3)27-28-22)30-12-23(4,13-30)29(5)6/h7-11,15H,12-13H2,1-6H3,(H,26,28)/t15-/m1/s1. The molecule has 1 saturated heterocycles. The largest absolute Gasteiger partial charge is 0.361 e. The summed E-state index contributed by atoms with van der Waals surface area (Å²) in [5.41, 5.74) is 2.49. The lowest BCUT2D eigenvalue weighted by Gasteiger charge is -2.52. The van der Waals surface area contributed by atoms with Crippen LogP contribution in [0.15, 0.2) is 30.5 Å². The highest BCUT2D eigenvalue weighted by Crippen LogP contribution is 2.33. The van der Waals surface area contributed by atoms with Crippen molar-refractivity contribution in [3.8, 4) is 0 Å². The molecule has 1 aromatic carbocycles. The summed E-state index contributed by atoms with van der Waals surface area (Å²) in [5.74, 6) is 1.35. The summed E-state index contributed by atoms with van der Waals surface area (Å²) in [7, 11) is 4.22. The van der Waals surface area contributed by atoms with Crippen molar-refractivity contribution in [1.82, 2.24) is 20.1 Å². The van der Waals surface area contributed by atoms with Crippen LogP contribution in [0.3, 0.4) is 0 Å². The van der Waals surface area contributed by atoms with Crippen LogP contribution in [0.25, 0.3) is 10.8 Å². The number of anilines is 2. The Kier molecular flexibility index (Phi) is 5.10. The number of pyridine rings is 1. The van der Waals surface area contributed by atoms with Crippen molar-refractivity contribution in [1.29, 1.82) is 0 Å². The Morgan fingerprint density at radius 3 is 2.53 bits per heavy atom. The number of fused-ring (bicyclic) bond motifs is 1. The molecule has 4 rings (SSSR count). The molecule has 7 heteroatoms. The fraction of sp³-hybridized carbons (Fsp3) is 0.435. The summed E-state index contributed by atoms with van der Waals surface area (Å²) in [4.78, 5) is 9.19. The van der Waals surface area contributed by atoms with Gasteiger partial charge in [-0.2, -0.15) is 5.10 Å². The summed E-state index contributed by atoms with van der Waals surface area (Å²) in [5, 5.41) is 13.9. The minimum atomic E-state index is -0.247. The van der Waals surface area contributed by atoms with Crippen molar-refractivity contribution in [2.75, 3.05) is 37.4 Å². The smallest absolute Gasteiger partial charge is 0.157 e. The molecule has 6 nitrogen and oxygen atoms in total. The number of rotatable bonds is 5. The highest BCUT2D eigenvalue weighted by molar-refractivity contribution is 5.94. The van der Waals surface area contributed by atoms with E-state index in [9.17, 15) is 4.39 Å². The molecule has 0 bridgehead atoms. The van der Waals surface area contributed by atoms with Crippen LogP contribution in [0, 0.1) is 19.7 Å². The van der Waals surface area contributed by atoms with Gasteiger partial charge in [-0.05, 0) is 59.5 Å². The third-order valence-electron chi connectivity index (χ3n) is 6.28. The Labute approximate surface area is 177 Å². The summed E-state index contributed by atoms with van der Waals surface area (Å²) < 4.78 is 14.4. The van der Waals surface area contributed by atoms with Crippen LogP contribution >= 0.6 is 0 Å². The van der Waals surface area contributed by atoms with E-state index >= 15 is 0 Å². The number of hydrogen-bond donors (Lipinski definition) is 1. The lowest BCUT2D eigenvalue weighted by atomic mass is 9.91. The van der Waals surface area contributed by atoms with Crippen LogP contribution in [0.4, 0.5) is 16.0 Å². The molecule has 0 aliphatic carbocycles. The monoisotopic (exact) mass is 408 g/mol. The zero-order valence-corrected chi connectivity index (χ0v) is 18.5. The number of hydrogen-bond acceptors (Lipinski definition) is 6. The van der Waals surface area contributed by atoms with Gasteiger partial charge in [-0.25, -0.2) is 9.37 Å². The van der Waals surface area contributed by atoms with Gasteiger partial charge >= 0.3 is 0 Å². The first-order valence-corrected chi connectivity index (χ1v) is 10.3. The Morgan fingerprint density at radius 1 is 1.13 bits per heavy atom. The van der Waals surface area contributed by atoms with Crippen LogP contribution in [0.5, 0.6) is 0 Å². The van der Waals surface area contributed by atoms with Gasteiger partial charge in [0.1, 0.15) is 11.6 Å². The van der Waals surface area contributed by atoms with Crippen molar-refractivity contribution in [2.45, 2.75) is 39.3 Å². The lowest BCUT2D eigenvalue weighted by Crippen LogP contribution is -2.67. The van der Waals surface area contributed by atoms with E-state index in [1.165, 1.54) is 0 Å². The van der Waals surface area contributed by atoms with Crippen molar-refractivity contribution in [2.24, 2.45) is 0 Å². The molecule has 0 saturated carbocycles. The molecule has 0 radical (unpaired) electrons. The second kappa shape index (κ2) is 7.47. The van der Waals surface area contributed by atoms with Crippen LogP contribution in [0.2, 0.25) is 0 Å². The molecule has 1 aliphatic heterocycles. The zero-order valence-electron chi connectivity index (χ0n) is 18.5. The number of benzene rings is 1. The number of nitrogens with one attached hydrogen (secondary N) is 1. The molecule has 1 fully saturated rings. The Hall–Kier alpha value is -2.80. The minimum Gasteiger partial charge on any atom is -0.361 e. The van der Waals surface area contributed by atoms with Crippen molar-refractivity contribution >= 4 is 22.4 Å². The van der Waals surface area contributed by atoms with E-state index < -0.39 is 0 Å². The fourth-order valence-corrected chi connectivity index (χ4v) is 3.93. The Balaban J connectivity index is 1.66. The molecule has 2 aromatic heterocycles. The van der Waals surface area contributed by atoms with E-state index in [1.807, 2.05) is 39.1 Å². The summed E-state index contributed by atoms with van der Waals surface area (Å²) >= 11 is 0. The van der Waals surface area contributed by atoms with Crippen LogP contribution in [-0.4, -0.2) is 52.8 Å². The molecule has 30 heavy (non-hydrogen) atoms. The maximum atomic E-state index is 14.4. The Morgan fingerprint density at radius 2 is 1.87 bits per heavy atom. The van der Waals surface area contributed by atoms with Gasteiger partial charge in [0.15, 0.2) is 5.82 Å². The minimum absolute atomic E-state index is 0.154. The molecule has 1 aliphatic rings. The molecule has 1 N–H and O–H groups in total. The highest BCUT2D eigenvalue weighted by Gasteiger charge is 2.41. The summed E-state index contributed by atoms with van der Waals surface area (Å²) in [6.07, 6.45) is 1.86. The van der Waals surface area contributed by atoms with Gasteiger partial charge in [0.2, 0.25) is 0 Å². The molecule has 0 unspecified atom stereocenters. The first-order valence-electron chi connectivity index (χ1n) is 10.3. The van der Waals surface area contributed by atoms with Crippen molar-refractivity contribution in [3.63, 3.8) is 0 Å². The van der Waals surface area contributed by atoms with Crippen molar-refractivity contribution < 1.29 is 4.39 Å². The second-order valence-corrected chi connectivity index (χ2v) is 8.86. The van der Waals surface area contributed by atoms with Gasteiger partial charge in [-0.1, -0.05) is 12.1 Å². The van der Waals surface area contributed by atoms with Crippen LogP contribution in [0.1, 0.15) is 36.7 Å². The number of aromatic nitrogens is 3. The first-order chi connectivity index (χ1) is 14.2. The maximum Gasteiger partial charge on any atom is 0.157 e. The maximum absolute atomic E-state index is 14.4. The predicted octanol–water partition coefficient (Wildman–Crippen LogP) is 4.09. The third-order valence-corrected chi connectivity index (χ3v) is 6.28. The lowest BCUT2D eigenvalue weighted by molar-refractivity contribution is 0.132. The highest BCUT2D eigenvalue weighted by atomic mass is 19.1. The van der Waals surface area contributed by atoms with E-state index in [0.29, 0.717) is 11.4 Å². The van der Waals surface area contributed by atoms with Gasteiger partial charge < -0.3 is 15.1 Å². The average molecular weight is 409 g/mol. The molecule has 0 spiro atoms. The number of halogens is 1. The van der Waals surface area contributed by atoms with E-state index in [-0.39, 0.29) is 17.4 Å².